The fraction of sp³-hybridized carbons (Fsp3) is 0.571. The second-order valence-electron chi connectivity index (χ2n) is 3.30. The van der Waals surface area contributed by atoms with Crippen molar-refractivity contribution in [2.24, 2.45) is 0 Å². The zero-order valence-electron chi connectivity index (χ0n) is 8.54. The molecule has 1 heterocycles. The Morgan fingerprint density at radius 3 is 2.43 bits per heavy atom. The maximum Gasteiger partial charge on any atom is 1.00 e. The summed E-state index contributed by atoms with van der Waals surface area (Å²) in [4.78, 5) is 3.87. The molecule has 0 saturated heterocycles. The Bertz CT molecular complexity index is 285. The van der Waals surface area contributed by atoms with Gasteiger partial charge in [-0.25, -0.2) is 4.98 Å². The molecule has 2 nitrogen and oxygen atoms in total. The molecule has 7 heteroatoms. The molecule has 1 aromatic heterocycles. The fourth-order valence-electron chi connectivity index (χ4n) is 1.20. The van der Waals surface area contributed by atoms with Crippen LogP contribution < -0.4 is 51.4 Å². The van der Waals surface area contributed by atoms with Crippen molar-refractivity contribution in [3.63, 3.8) is 0 Å². The SMILES string of the molecule is CC(C)c1nccn1C[B-](F)(F)F.[K+]. The van der Waals surface area contributed by atoms with E-state index in [4.69, 9.17) is 0 Å². The van der Waals surface area contributed by atoms with E-state index in [0.717, 1.165) is 4.57 Å². The summed E-state index contributed by atoms with van der Waals surface area (Å²) < 4.78 is 37.4. The first-order valence-electron chi connectivity index (χ1n) is 4.12. The van der Waals surface area contributed by atoms with Crippen LogP contribution >= 0.6 is 0 Å². The van der Waals surface area contributed by atoms with E-state index in [-0.39, 0.29) is 57.3 Å². The van der Waals surface area contributed by atoms with Gasteiger partial charge in [-0.3, -0.25) is 0 Å². The molecular formula is C7H11BF3KN2. The molecule has 0 fully saturated rings. The first-order valence-corrected chi connectivity index (χ1v) is 4.12. The monoisotopic (exact) mass is 230 g/mol. The van der Waals surface area contributed by atoms with E-state index in [1.54, 1.807) is 0 Å². The van der Waals surface area contributed by atoms with Crippen LogP contribution in [0.5, 0.6) is 0 Å². The average molecular weight is 230 g/mol. The van der Waals surface area contributed by atoms with Gasteiger partial charge in [0.25, 0.3) is 0 Å². The summed E-state index contributed by atoms with van der Waals surface area (Å²) in [6.07, 6.45) is 1.87. The molecule has 0 aliphatic heterocycles. The van der Waals surface area contributed by atoms with Gasteiger partial charge in [-0.1, -0.05) is 13.8 Å². The minimum absolute atomic E-state index is 0. The molecule has 0 saturated carbocycles. The molecule has 1 aromatic rings. The van der Waals surface area contributed by atoms with E-state index < -0.39 is 13.4 Å². The number of nitrogens with zero attached hydrogens (tertiary/aromatic N) is 2. The molecule has 74 valence electrons. The molecule has 0 unspecified atom stereocenters. The molecule has 0 aliphatic carbocycles. The van der Waals surface area contributed by atoms with Crippen molar-refractivity contribution in [1.29, 1.82) is 0 Å². The summed E-state index contributed by atoms with van der Waals surface area (Å²) in [6.45, 7) is -1.14. The fourth-order valence-corrected chi connectivity index (χ4v) is 1.20. The maximum absolute atomic E-state index is 12.1. The Kier molecular flexibility index (Phi) is 5.98. The van der Waals surface area contributed by atoms with Crippen molar-refractivity contribution in [2.75, 3.05) is 0 Å². The maximum atomic E-state index is 12.1. The standard InChI is InChI=1S/C7H11BF3N2.K/c1-6(2)7-12-3-4-13(7)5-8(9,10)11;/h3-4,6H,5H2,1-2H3;/q-1;+1. The predicted molar refractivity (Wildman–Crippen MR) is 45.4 cm³/mol. The molecular weight excluding hydrogens is 219 g/mol. The largest absolute Gasteiger partial charge is 1.00 e. The van der Waals surface area contributed by atoms with Gasteiger partial charge >= 0.3 is 58.4 Å². The number of halogens is 3. The van der Waals surface area contributed by atoms with Crippen LogP contribution in [0.4, 0.5) is 12.9 Å². The third kappa shape index (κ3) is 4.48. The van der Waals surface area contributed by atoms with E-state index in [9.17, 15) is 12.9 Å². The summed E-state index contributed by atoms with van der Waals surface area (Å²) in [7, 11) is 0. The first-order chi connectivity index (χ1) is 5.90. The third-order valence-electron chi connectivity index (χ3n) is 1.67. The smallest absolute Gasteiger partial charge is 0.448 e. The minimum atomic E-state index is -4.78. The summed E-state index contributed by atoms with van der Waals surface area (Å²) in [5.74, 6) is 0.507. The molecule has 0 N–H and O–H groups in total. The van der Waals surface area contributed by atoms with Crippen LogP contribution in [0.25, 0.3) is 0 Å². The van der Waals surface area contributed by atoms with Gasteiger partial charge in [-0.05, 0) is 6.44 Å². The Hall–Kier alpha value is 0.701. The zero-order valence-corrected chi connectivity index (χ0v) is 11.7. The quantitative estimate of drug-likeness (QED) is 0.634. The van der Waals surface area contributed by atoms with Gasteiger partial charge in [-0.15, -0.1) is 0 Å². The van der Waals surface area contributed by atoms with Gasteiger partial charge in [0.2, 0.25) is 0 Å². The molecule has 0 aromatic carbocycles. The van der Waals surface area contributed by atoms with Crippen molar-refractivity contribution in [3.8, 4) is 0 Å². The second kappa shape index (κ2) is 5.69. The number of rotatable bonds is 3. The molecule has 0 bridgehead atoms. The third-order valence-corrected chi connectivity index (χ3v) is 1.67. The van der Waals surface area contributed by atoms with Crippen molar-refractivity contribution in [1.82, 2.24) is 9.55 Å². The number of imidazole rings is 1. The summed E-state index contributed by atoms with van der Waals surface area (Å²) in [5.41, 5.74) is 0. The van der Waals surface area contributed by atoms with Crippen LogP contribution in [0.2, 0.25) is 0 Å². The van der Waals surface area contributed by atoms with Crippen molar-refractivity contribution < 1.29 is 64.3 Å². The van der Waals surface area contributed by atoms with Crippen LogP contribution in [0.15, 0.2) is 12.4 Å². The van der Waals surface area contributed by atoms with Crippen LogP contribution in [0.1, 0.15) is 25.6 Å². The van der Waals surface area contributed by atoms with E-state index in [1.807, 2.05) is 13.8 Å². The second-order valence-corrected chi connectivity index (χ2v) is 3.30. The van der Waals surface area contributed by atoms with Gasteiger partial charge < -0.3 is 17.5 Å². The molecule has 0 radical (unpaired) electrons. The minimum Gasteiger partial charge on any atom is -0.448 e. The van der Waals surface area contributed by atoms with Gasteiger partial charge in [0.05, 0.1) is 0 Å². The average Bonchev–Trinajstić information content (AvgIpc) is 2.31. The Morgan fingerprint density at radius 1 is 1.43 bits per heavy atom. The van der Waals surface area contributed by atoms with Crippen molar-refractivity contribution >= 4 is 6.98 Å². The molecule has 1 rings (SSSR count). The number of hydrogen-bond donors (Lipinski definition) is 0. The molecule has 0 spiro atoms. The molecule has 0 amide bonds. The summed E-state index contributed by atoms with van der Waals surface area (Å²) >= 11 is 0. The van der Waals surface area contributed by atoms with Gasteiger partial charge in [0.15, 0.2) is 0 Å². The van der Waals surface area contributed by atoms with E-state index in [0.29, 0.717) is 5.82 Å². The molecule has 0 atom stereocenters. The Morgan fingerprint density at radius 2 is 2.00 bits per heavy atom. The van der Waals surface area contributed by atoms with Crippen LogP contribution in [-0.4, -0.2) is 16.5 Å². The molecule has 0 aliphatic rings. The van der Waals surface area contributed by atoms with E-state index in [1.165, 1.54) is 12.4 Å². The predicted octanol–water partition coefficient (Wildman–Crippen LogP) is -0.603. The van der Waals surface area contributed by atoms with E-state index in [2.05, 4.69) is 4.98 Å². The first kappa shape index (κ1) is 14.7. The van der Waals surface area contributed by atoms with Crippen LogP contribution in [0, 0.1) is 0 Å². The number of hydrogen-bond acceptors (Lipinski definition) is 1. The van der Waals surface area contributed by atoms with Crippen LogP contribution in [0.3, 0.4) is 0 Å². The zero-order chi connectivity index (χ0) is 10.1. The summed E-state index contributed by atoms with van der Waals surface area (Å²) in [5, 5.41) is 0. The topological polar surface area (TPSA) is 17.8 Å². The summed E-state index contributed by atoms with van der Waals surface area (Å²) in [6, 6.07) is 0. The molecule has 14 heavy (non-hydrogen) atoms. The normalized spacial score (nSPS) is 11.6. The Balaban J connectivity index is 0.00000169. The van der Waals surface area contributed by atoms with Gasteiger partial charge in [-0.2, -0.15) is 0 Å². The van der Waals surface area contributed by atoms with Crippen LogP contribution in [-0.2, 0) is 6.44 Å². The van der Waals surface area contributed by atoms with Gasteiger partial charge in [0.1, 0.15) is 5.82 Å². The van der Waals surface area contributed by atoms with Gasteiger partial charge in [0, 0.05) is 18.3 Å². The van der Waals surface area contributed by atoms with E-state index >= 15 is 0 Å². The van der Waals surface area contributed by atoms with Crippen molar-refractivity contribution in [2.45, 2.75) is 26.2 Å². The van der Waals surface area contributed by atoms with Crippen molar-refractivity contribution in [3.05, 3.63) is 18.2 Å². The number of aromatic nitrogens is 2. The Labute approximate surface area is 124 Å².